The van der Waals surface area contributed by atoms with Crippen molar-refractivity contribution in [2.75, 3.05) is 17.7 Å². The molecule has 0 aliphatic rings. The van der Waals surface area contributed by atoms with Crippen molar-refractivity contribution >= 4 is 34.3 Å². The van der Waals surface area contributed by atoms with E-state index < -0.39 is 29.6 Å². The van der Waals surface area contributed by atoms with E-state index in [0.29, 0.717) is 17.0 Å². The van der Waals surface area contributed by atoms with Gasteiger partial charge in [0.2, 0.25) is 0 Å². The predicted molar refractivity (Wildman–Crippen MR) is 141 cm³/mol. The Hall–Kier alpha value is -5.53. The van der Waals surface area contributed by atoms with Crippen LogP contribution >= 0.6 is 0 Å². The number of pyridine rings is 2. The summed E-state index contributed by atoms with van der Waals surface area (Å²) in [5.41, 5.74) is -0.559. The topological polar surface area (TPSA) is 123 Å². The maximum Gasteiger partial charge on any atom is 0.435 e. The Kier molecular flexibility index (Phi) is 7.20. The molecule has 0 unspecified atom stereocenters. The number of amides is 3. The number of benzene rings is 2. The Morgan fingerprint density at radius 3 is 2.46 bits per heavy atom. The second-order valence-electron chi connectivity index (χ2n) is 8.48. The van der Waals surface area contributed by atoms with Crippen LogP contribution in [-0.4, -0.2) is 38.7 Å². The minimum Gasteiger partial charge on any atom is -0.457 e. The van der Waals surface area contributed by atoms with Gasteiger partial charge in [-0.2, -0.15) is 18.3 Å². The van der Waals surface area contributed by atoms with Gasteiger partial charge >= 0.3 is 12.2 Å². The number of hydrogen-bond donors (Lipinski definition) is 3. The Morgan fingerprint density at radius 2 is 1.71 bits per heavy atom. The SMILES string of the molecule is CNC(=O)c1cc(Oc2ccc(NC(=O)Nc3cc(C(F)(F)F)nn3-c3ccc4ncccc4c3)c(F)c2)ccn1. The highest BCUT2D eigenvalue weighted by Gasteiger charge is 2.35. The summed E-state index contributed by atoms with van der Waals surface area (Å²) in [4.78, 5) is 32.5. The van der Waals surface area contributed by atoms with E-state index in [1.54, 1.807) is 30.5 Å². The maximum atomic E-state index is 14.8. The number of hydrogen-bond acceptors (Lipinski definition) is 6. The molecule has 3 aromatic heterocycles. The number of nitrogens with zero attached hydrogens (tertiary/aromatic N) is 4. The van der Waals surface area contributed by atoms with Crippen molar-refractivity contribution in [3.63, 3.8) is 0 Å². The average molecular weight is 565 g/mol. The number of nitrogens with one attached hydrogen (secondary N) is 3. The van der Waals surface area contributed by atoms with Crippen LogP contribution in [0.5, 0.6) is 11.5 Å². The van der Waals surface area contributed by atoms with Crippen LogP contribution in [0.25, 0.3) is 16.6 Å². The second-order valence-corrected chi connectivity index (χ2v) is 8.48. The number of carbonyl (C=O) groups is 2. The number of fused-ring (bicyclic) bond motifs is 1. The third kappa shape index (κ3) is 6.06. The Labute approximate surface area is 229 Å². The highest BCUT2D eigenvalue weighted by atomic mass is 19.4. The predicted octanol–water partition coefficient (Wildman–Crippen LogP) is 5.77. The summed E-state index contributed by atoms with van der Waals surface area (Å²) in [5.74, 6) is -1.35. The highest BCUT2D eigenvalue weighted by Crippen LogP contribution is 2.32. The van der Waals surface area contributed by atoms with Gasteiger partial charge < -0.3 is 15.4 Å². The Balaban J connectivity index is 1.34. The van der Waals surface area contributed by atoms with Gasteiger partial charge in [0.25, 0.3) is 5.91 Å². The molecule has 0 spiro atoms. The zero-order valence-corrected chi connectivity index (χ0v) is 21.0. The molecule has 0 atom stereocenters. The molecule has 0 bridgehead atoms. The second kappa shape index (κ2) is 10.9. The van der Waals surface area contributed by atoms with E-state index in [1.807, 2.05) is 0 Å². The van der Waals surface area contributed by atoms with Gasteiger partial charge in [0, 0.05) is 43.0 Å². The monoisotopic (exact) mass is 565 g/mol. The van der Waals surface area contributed by atoms with Gasteiger partial charge in [0.15, 0.2) is 5.69 Å². The fourth-order valence-electron chi connectivity index (χ4n) is 3.79. The highest BCUT2D eigenvalue weighted by molar-refractivity contribution is 5.99. The molecule has 41 heavy (non-hydrogen) atoms. The quantitative estimate of drug-likeness (QED) is 0.225. The summed E-state index contributed by atoms with van der Waals surface area (Å²) >= 11 is 0. The fourth-order valence-corrected chi connectivity index (χ4v) is 3.79. The van der Waals surface area contributed by atoms with E-state index in [4.69, 9.17) is 4.74 Å². The smallest absolute Gasteiger partial charge is 0.435 e. The van der Waals surface area contributed by atoms with E-state index >= 15 is 0 Å². The van der Waals surface area contributed by atoms with Crippen molar-refractivity contribution in [2.24, 2.45) is 0 Å². The van der Waals surface area contributed by atoms with E-state index in [1.165, 1.54) is 43.6 Å². The largest absolute Gasteiger partial charge is 0.457 e. The van der Waals surface area contributed by atoms with Crippen LogP contribution < -0.4 is 20.7 Å². The van der Waals surface area contributed by atoms with E-state index in [2.05, 4.69) is 31.0 Å². The first-order valence-corrected chi connectivity index (χ1v) is 11.9. The molecular formula is C27H19F4N7O3. The number of alkyl halides is 3. The first-order valence-electron chi connectivity index (χ1n) is 11.9. The number of aromatic nitrogens is 4. The zero-order valence-electron chi connectivity index (χ0n) is 21.0. The first-order chi connectivity index (χ1) is 19.6. The molecule has 2 aromatic carbocycles. The lowest BCUT2D eigenvalue weighted by Crippen LogP contribution is -2.22. The van der Waals surface area contributed by atoms with Gasteiger partial charge in [-0.3, -0.25) is 20.1 Å². The molecule has 0 aliphatic heterocycles. The normalized spacial score (nSPS) is 11.2. The molecule has 3 N–H and O–H groups in total. The summed E-state index contributed by atoms with van der Waals surface area (Å²) in [5, 5.41) is 11.2. The summed E-state index contributed by atoms with van der Waals surface area (Å²) in [6, 6.07) is 14.1. The van der Waals surface area contributed by atoms with Crippen molar-refractivity contribution in [3.8, 4) is 17.2 Å². The zero-order chi connectivity index (χ0) is 29.1. The molecule has 5 aromatic rings. The molecule has 5 rings (SSSR count). The molecule has 0 radical (unpaired) electrons. The molecule has 14 heteroatoms. The van der Waals surface area contributed by atoms with Crippen molar-refractivity contribution in [1.29, 1.82) is 0 Å². The number of rotatable bonds is 6. The molecule has 10 nitrogen and oxygen atoms in total. The molecule has 0 fully saturated rings. The third-order valence-corrected chi connectivity index (χ3v) is 5.69. The van der Waals surface area contributed by atoms with Gasteiger partial charge in [-0.15, -0.1) is 0 Å². The lowest BCUT2D eigenvalue weighted by molar-refractivity contribution is -0.141. The number of anilines is 2. The van der Waals surface area contributed by atoms with Gasteiger partial charge in [-0.1, -0.05) is 6.07 Å². The average Bonchev–Trinajstić information content (AvgIpc) is 3.38. The van der Waals surface area contributed by atoms with E-state index in [0.717, 1.165) is 10.7 Å². The standard InChI is InChI=1S/C27H19F4N7O3/c1-32-25(39)22-13-18(8-10-34-22)41-17-5-7-21(19(28)12-17)35-26(40)36-24-14-23(27(29,30)31)37-38(24)16-4-6-20-15(11-16)3-2-9-33-20/h2-14H,1H3,(H,32,39)(H2,35,36,40). The van der Waals surface area contributed by atoms with Crippen LogP contribution in [0.3, 0.4) is 0 Å². The Bertz CT molecular complexity index is 1770. The minimum absolute atomic E-state index is 0.0567. The van der Waals surface area contributed by atoms with Gasteiger partial charge in [-0.25, -0.2) is 13.9 Å². The van der Waals surface area contributed by atoms with Crippen molar-refractivity contribution in [1.82, 2.24) is 25.1 Å². The number of ether oxygens (including phenoxy) is 1. The van der Waals surface area contributed by atoms with Crippen molar-refractivity contribution in [2.45, 2.75) is 6.18 Å². The number of urea groups is 1. The molecule has 3 amide bonds. The molecule has 0 saturated carbocycles. The van der Waals surface area contributed by atoms with Crippen LogP contribution in [0.1, 0.15) is 16.2 Å². The molecular weight excluding hydrogens is 546 g/mol. The molecule has 3 heterocycles. The number of halogens is 4. The van der Waals surface area contributed by atoms with Crippen LogP contribution in [-0.2, 0) is 6.18 Å². The van der Waals surface area contributed by atoms with Crippen LogP contribution in [0.2, 0.25) is 0 Å². The van der Waals surface area contributed by atoms with E-state index in [9.17, 15) is 27.2 Å². The summed E-state index contributed by atoms with van der Waals surface area (Å²) in [6.45, 7) is 0. The molecule has 0 aliphatic carbocycles. The van der Waals surface area contributed by atoms with Crippen LogP contribution in [0.15, 0.2) is 79.1 Å². The van der Waals surface area contributed by atoms with Crippen LogP contribution in [0, 0.1) is 5.82 Å². The third-order valence-electron chi connectivity index (χ3n) is 5.69. The van der Waals surface area contributed by atoms with Crippen LogP contribution in [0.4, 0.5) is 33.9 Å². The van der Waals surface area contributed by atoms with Gasteiger partial charge in [-0.05, 0) is 42.5 Å². The lowest BCUT2D eigenvalue weighted by Gasteiger charge is -2.12. The molecule has 0 saturated heterocycles. The van der Waals surface area contributed by atoms with E-state index in [-0.39, 0.29) is 34.4 Å². The lowest BCUT2D eigenvalue weighted by atomic mass is 10.2. The van der Waals surface area contributed by atoms with Gasteiger partial charge in [0.1, 0.15) is 28.8 Å². The fraction of sp³-hybridized carbons (Fsp3) is 0.0741. The van der Waals surface area contributed by atoms with Crippen molar-refractivity contribution in [3.05, 3.63) is 96.3 Å². The first kappa shape index (κ1) is 27.1. The van der Waals surface area contributed by atoms with Crippen molar-refractivity contribution < 1.29 is 31.9 Å². The summed E-state index contributed by atoms with van der Waals surface area (Å²) in [7, 11) is 1.44. The number of carbonyl (C=O) groups excluding carboxylic acids is 2. The molecule has 208 valence electrons. The van der Waals surface area contributed by atoms with Gasteiger partial charge in [0.05, 0.1) is 16.9 Å². The minimum atomic E-state index is -4.78. The summed E-state index contributed by atoms with van der Waals surface area (Å²) < 4.78 is 61.7. The maximum absolute atomic E-state index is 14.8. The Morgan fingerprint density at radius 1 is 0.902 bits per heavy atom. The summed E-state index contributed by atoms with van der Waals surface area (Å²) in [6.07, 6.45) is -1.86.